The van der Waals surface area contributed by atoms with Crippen molar-refractivity contribution in [2.24, 2.45) is 0 Å². The number of rotatable bonds is 7. The highest BCUT2D eigenvalue weighted by Crippen LogP contribution is 2.14. The van der Waals surface area contributed by atoms with Crippen molar-refractivity contribution in [2.45, 2.75) is 45.4 Å². The van der Waals surface area contributed by atoms with Gasteiger partial charge >= 0.3 is 0 Å². The predicted molar refractivity (Wildman–Crippen MR) is 72.9 cm³/mol. The second kappa shape index (κ2) is 6.43. The fourth-order valence-electron chi connectivity index (χ4n) is 2.06. The number of fused-ring (bicyclic) bond motifs is 1. The van der Waals surface area contributed by atoms with Gasteiger partial charge in [-0.1, -0.05) is 51.2 Å². The van der Waals surface area contributed by atoms with E-state index in [-0.39, 0.29) is 0 Å². The maximum Gasteiger partial charge on any atom is 0.111 e. The van der Waals surface area contributed by atoms with Crippen LogP contribution in [0.25, 0.3) is 11.0 Å². The molecule has 2 rings (SSSR count). The lowest BCUT2D eigenvalue weighted by Crippen LogP contribution is -1.85. The van der Waals surface area contributed by atoms with Crippen molar-refractivity contribution in [2.75, 3.05) is 0 Å². The summed E-state index contributed by atoms with van der Waals surface area (Å²) in [5, 5.41) is 0. The molecule has 2 nitrogen and oxygen atoms in total. The van der Waals surface area contributed by atoms with Crippen molar-refractivity contribution in [3.8, 4) is 0 Å². The summed E-state index contributed by atoms with van der Waals surface area (Å²) in [7, 11) is 0. The lowest BCUT2D eigenvalue weighted by Gasteiger charge is -1.98. The van der Waals surface area contributed by atoms with Crippen molar-refractivity contribution in [1.29, 1.82) is 0 Å². The zero-order valence-corrected chi connectivity index (χ0v) is 10.6. The number of unbranched alkanes of at least 4 members (excludes halogenated alkanes) is 5. The molecule has 2 heteroatoms. The maximum absolute atomic E-state index is 4.54. The third-order valence-electron chi connectivity index (χ3n) is 3.05. The molecule has 0 bridgehead atoms. The Morgan fingerprint density at radius 3 is 2.76 bits per heavy atom. The van der Waals surface area contributed by atoms with E-state index in [1.807, 2.05) is 18.2 Å². The highest BCUT2D eigenvalue weighted by atomic mass is 14.9. The zero-order valence-electron chi connectivity index (χ0n) is 10.6. The number of hydrogen-bond acceptors (Lipinski definition) is 1. The minimum Gasteiger partial charge on any atom is -0.342 e. The molecule has 1 aromatic carbocycles. The fourth-order valence-corrected chi connectivity index (χ4v) is 2.06. The highest BCUT2D eigenvalue weighted by molar-refractivity contribution is 5.74. The normalized spacial score (nSPS) is 11.1. The van der Waals surface area contributed by atoms with Crippen LogP contribution in [0.5, 0.6) is 0 Å². The van der Waals surface area contributed by atoms with Crippen LogP contribution in [0, 0.1) is 6.42 Å². The quantitative estimate of drug-likeness (QED) is 0.697. The number of imidazole rings is 1. The smallest absolute Gasteiger partial charge is 0.111 e. The van der Waals surface area contributed by atoms with Crippen molar-refractivity contribution in [1.82, 2.24) is 9.97 Å². The number of aromatic amines is 1. The highest BCUT2D eigenvalue weighted by Gasteiger charge is 2.01. The van der Waals surface area contributed by atoms with E-state index in [2.05, 4.69) is 29.4 Å². The monoisotopic (exact) mass is 229 g/mol. The summed E-state index contributed by atoms with van der Waals surface area (Å²) < 4.78 is 0. The van der Waals surface area contributed by atoms with E-state index in [4.69, 9.17) is 0 Å². The Hall–Kier alpha value is -1.31. The molecule has 0 spiro atoms. The Morgan fingerprint density at radius 1 is 1.12 bits per heavy atom. The molecule has 0 unspecified atom stereocenters. The molecule has 0 aliphatic rings. The van der Waals surface area contributed by atoms with E-state index in [1.54, 1.807) is 0 Å². The Balaban J connectivity index is 1.75. The molecule has 0 fully saturated rings. The second-order valence-corrected chi connectivity index (χ2v) is 4.55. The maximum atomic E-state index is 4.54. The Bertz CT molecular complexity index is 412. The van der Waals surface area contributed by atoms with Crippen LogP contribution in [0.1, 0.15) is 51.3 Å². The van der Waals surface area contributed by atoms with Gasteiger partial charge in [-0.05, 0) is 18.6 Å². The molecule has 0 saturated carbocycles. The van der Waals surface area contributed by atoms with Crippen LogP contribution in [-0.4, -0.2) is 9.97 Å². The summed E-state index contributed by atoms with van der Waals surface area (Å²) in [5.41, 5.74) is 2.19. The zero-order chi connectivity index (χ0) is 11.9. The lowest BCUT2D eigenvalue weighted by atomic mass is 10.1. The molecule has 91 valence electrons. The van der Waals surface area contributed by atoms with Gasteiger partial charge in [-0.15, -0.1) is 0 Å². The average molecular weight is 229 g/mol. The van der Waals surface area contributed by atoms with E-state index in [9.17, 15) is 0 Å². The molecule has 1 radical (unpaired) electrons. The van der Waals surface area contributed by atoms with Crippen LogP contribution in [-0.2, 0) is 0 Å². The van der Waals surface area contributed by atoms with Crippen LogP contribution in [0.2, 0.25) is 0 Å². The molecule has 0 atom stereocenters. The first-order chi connectivity index (χ1) is 8.40. The lowest BCUT2D eigenvalue weighted by molar-refractivity contribution is 0.629. The minimum absolute atomic E-state index is 1.02. The van der Waals surface area contributed by atoms with Gasteiger partial charge in [0.05, 0.1) is 11.0 Å². The van der Waals surface area contributed by atoms with Gasteiger partial charge in [0.15, 0.2) is 0 Å². The van der Waals surface area contributed by atoms with Crippen LogP contribution < -0.4 is 0 Å². The standard InChI is InChI=1S/C15H21N2/c1-2-3-4-5-6-7-12-15-16-13-10-8-9-11-14(13)17-15/h8-12H,2-7H2,1H3,(H,16,17). The molecule has 0 aliphatic heterocycles. The van der Waals surface area contributed by atoms with Gasteiger partial charge in [-0.3, -0.25) is 0 Å². The Kier molecular flexibility index (Phi) is 4.60. The molecular weight excluding hydrogens is 208 g/mol. The molecular formula is C15H21N2. The first-order valence-corrected chi connectivity index (χ1v) is 6.68. The first kappa shape index (κ1) is 12.2. The van der Waals surface area contributed by atoms with Crippen LogP contribution in [0.15, 0.2) is 24.3 Å². The van der Waals surface area contributed by atoms with Gasteiger partial charge in [0.1, 0.15) is 5.82 Å². The van der Waals surface area contributed by atoms with E-state index in [0.29, 0.717) is 0 Å². The predicted octanol–water partition coefficient (Wildman–Crippen LogP) is 4.48. The van der Waals surface area contributed by atoms with Gasteiger partial charge in [-0.25, -0.2) is 4.98 Å². The summed E-state index contributed by atoms with van der Waals surface area (Å²) >= 11 is 0. The Labute approximate surface area is 103 Å². The number of benzene rings is 1. The number of nitrogens with zero attached hydrogens (tertiary/aromatic N) is 1. The summed E-state index contributed by atoms with van der Waals surface area (Å²) in [6.07, 6.45) is 10.00. The van der Waals surface area contributed by atoms with Gasteiger partial charge in [-0.2, -0.15) is 0 Å². The third kappa shape index (κ3) is 3.58. The summed E-state index contributed by atoms with van der Waals surface area (Å²) in [4.78, 5) is 7.87. The molecule has 1 N–H and O–H groups in total. The molecule has 0 aliphatic carbocycles. The van der Waals surface area contributed by atoms with Crippen molar-refractivity contribution in [3.05, 3.63) is 36.5 Å². The summed E-state index contributed by atoms with van der Waals surface area (Å²) in [5.74, 6) is 1.02. The molecule has 0 saturated heterocycles. The van der Waals surface area contributed by atoms with Crippen molar-refractivity contribution >= 4 is 11.0 Å². The van der Waals surface area contributed by atoms with E-state index in [1.165, 1.54) is 32.1 Å². The van der Waals surface area contributed by atoms with Gasteiger partial charge < -0.3 is 4.98 Å². The van der Waals surface area contributed by atoms with E-state index in [0.717, 1.165) is 23.3 Å². The largest absolute Gasteiger partial charge is 0.342 e. The second-order valence-electron chi connectivity index (χ2n) is 4.55. The number of aromatic nitrogens is 2. The first-order valence-electron chi connectivity index (χ1n) is 6.68. The third-order valence-corrected chi connectivity index (χ3v) is 3.05. The number of nitrogens with one attached hydrogen (secondary N) is 1. The number of H-pyrrole nitrogens is 1. The average Bonchev–Trinajstić information content (AvgIpc) is 2.76. The van der Waals surface area contributed by atoms with Crippen LogP contribution in [0.4, 0.5) is 0 Å². The SMILES string of the molecule is CCCCCCC[CH]c1nc2ccccc2[nH]1. The molecule has 0 amide bonds. The molecule has 17 heavy (non-hydrogen) atoms. The number of hydrogen-bond donors (Lipinski definition) is 1. The minimum atomic E-state index is 1.02. The van der Waals surface area contributed by atoms with Crippen LogP contribution >= 0.6 is 0 Å². The summed E-state index contributed by atoms with van der Waals surface area (Å²) in [6, 6.07) is 8.18. The van der Waals surface area contributed by atoms with Gasteiger partial charge in [0.25, 0.3) is 0 Å². The van der Waals surface area contributed by atoms with Crippen molar-refractivity contribution in [3.63, 3.8) is 0 Å². The molecule has 2 aromatic rings. The summed E-state index contributed by atoms with van der Waals surface area (Å²) in [6.45, 7) is 2.25. The van der Waals surface area contributed by atoms with E-state index >= 15 is 0 Å². The van der Waals surface area contributed by atoms with Crippen molar-refractivity contribution < 1.29 is 0 Å². The Morgan fingerprint density at radius 2 is 1.94 bits per heavy atom. The molecule has 1 heterocycles. The van der Waals surface area contributed by atoms with Gasteiger partial charge in [0, 0.05) is 6.42 Å². The van der Waals surface area contributed by atoms with E-state index < -0.39 is 0 Å². The van der Waals surface area contributed by atoms with Gasteiger partial charge in [0.2, 0.25) is 0 Å². The molecule has 1 aromatic heterocycles. The topological polar surface area (TPSA) is 28.7 Å². The van der Waals surface area contributed by atoms with Crippen LogP contribution in [0.3, 0.4) is 0 Å². The number of para-hydroxylation sites is 2. The fraction of sp³-hybridized carbons (Fsp3) is 0.467.